The van der Waals surface area contributed by atoms with E-state index < -0.39 is 23.0 Å². The summed E-state index contributed by atoms with van der Waals surface area (Å²) in [4.78, 5) is 34.4. The smallest absolute Gasteiger partial charge is 0.328 e. The van der Waals surface area contributed by atoms with Gasteiger partial charge in [0.1, 0.15) is 0 Å². The van der Waals surface area contributed by atoms with Gasteiger partial charge in [-0.2, -0.15) is 4.39 Å². The van der Waals surface area contributed by atoms with Crippen LogP contribution in [0.2, 0.25) is 0 Å². The first-order chi connectivity index (χ1) is 7.02. The first-order valence-electron chi connectivity index (χ1n) is 4.22. The zero-order valence-corrected chi connectivity index (χ0v) is 7.70. The molecule has 0 unspecified atom stereocenters. The van der Waals surface area contributed by atoms with Crippen LogP contribution >= 0.6 is 0 Å². The highest BCUT2D eigenvalue weighted by Crippen LogP contribution is 1.90. The Kier molecular flexibility index (Phi) is 3.37. The van der Waals surface area contributed by atoms with Crippen LogP contribution in [0, 0.1) is 5.82 Å². The number of H-pyrrole nitrogens is 1. The van der Waals surface area contributed by atoms with Crippen molar-refractivity contribution in [3.63, 3.8) is 0 Å². The standard InChI is InChI=1S/C8H9FN2O4/c9-5-4-10-8(15)11(7(5)14)3-1-2-6(12)13/h4H,1-3H2,(H,10,15)(H,12,13). The fourth-order valence-corrected chi connectivity index (χ4v) is 1.08. The molecule has 0 radical (unpaired) electrons. The van der Waals surface area contributed by atoms with Crippen molar-refractivity contribution in [1.29, 1.82) is 0 Å². The predicted molar refractivity (Wildman–Crippen MR) is 48.2 cm³/mol. The van der Waals surface area contributed by atoms with E-state index in [-0.39, 0.29) is 19.4 Å². The largest absolute Gasteiger partial charge is 0.481 e. The molecular formula is C8H9FN2O4. The van der Waals surface area contributed by atoms with Gasteiger partial charge in [-0.05, 0) is 6.42 Å². The van der Waals surface area contributed by atoms with E-state index in [0.717, 1.165) is 0 Å². The summed E-state index contributed by atoms with van der Waals surface area (Å²) >= 11 is 0. The molecule has 0 aliphatic carbocycles. The van der Waals surface area contributed by atoms with Gasteiger partial charge in [-0.15, -0.1) is 0 Å². The maximum atomic E-state index is 12.7. The van der Waals surface area contributed by atoms with Gasteiger partial charge in [0.15, 0.2) is 0 Å². The van der Waals surface area contributed by atoms with Gasteiger partial charge in [0.05, 0.1) is 0 Å². The summed E-state index contributed by atoms with van der Waals surface area (Å²) in [6.07, 6.45) is 0.600. The molecule has 0 saturated heterocycles. The number of hydrogen-bond acceptors (Lipinski definition) is 3. The lowest BCUT2D eigenvalue weighted by molar-refractivity contribution is -0.137. The van der Waals surface area contributed by atoms with E-state index in [2.05, 4.69) is 0 Å². The quantitative estimate of drug-likeness (QED) is 0.712. The number of carboxylic acids is 1. The third-order valence-electron chi connectivity index (χ3n) is 1.79. The highest BCUT2D eigenvalue weighted by atomic mass is 19.1. The van der Waals surface area contributed by atoms with Gasteiger partial charge in [0.25, 0.3) is 5.56 Å². The van der Waals surface area contributed by atoms with E-state index in [9.17, 15) is 18.8 Å². The Bertz CT molecular complexity index is 476. The summed E-state index contributed by atoms with van der Waals surface area (Å²) < 4.78 is 13.4. The normalized spacial score (nSPS) is 10.2. The molecule has 15 heavy (non-hydrogen) atoms. The number of halogens is 1. The zero-order chi connectivity index (χ0) is 11.4. The van der Waals surface area contributed by atoms with Crippen LogP contribution in [0.3, 0.4) is 0 Å². The molecule has 0 spiro atoms. The molecule has 1 rings (SSSR count). The highest BCUT2D eigenvalue weighted by molar-refractivity contribution is 5.66. The van der Waals surface area contributed by atoms with E-state index in [1.54, 1.807) is 0 Å². The van der Waals surface area contributed by atoms with Gasteiger partial charge < -0.3 is 10.1 Å². The summed E-state index contributed by atoms with van der Waals surface area (Å²) in [5, 5.41) is 8.34. The van der Waals surface area contributed by atoms with Crippen LogP contribution in [0.5, 0.6) is 0 Å². The highest BCUT2D eigenvalue weighted by Gasteiger charge is 2.06. The Morgan fingerprint density at radius 1 is 1.53 bits per heavy atom. The summed E-state index contributed by atoms with van der Waals surface area (Å²) in [5.41, 5.74) is -1.78. The van der Waals surface area contributed by atoms with Gasteiger partial charge in [-0.25, -0.2) is 4.79 Å². The number of aromatic nitrogens is 2. The maximum Gasteiger partial charge on any atom is 0.328 e. The third-order valence-corrected chi connectivity index (χ3v) is 1.79. The Morgan fingerprint density at radius 2 is 2.20 bits per heavy atom. The zero-order valence-electron chi connectivity index (χ0n) is 7.70. The van der Waals surface area contributed by atoms with Crippen LogP contribution in [0.15, 0.2) is 15.8 Å². The fraction of sp³-hybridized carbons (Fsp3) is 0.375. The summed E-state index contributed by atoms with van der Waals surface area (Å²) in [6.45, 7) is -0.113. The van der Waals surface area contributed by atoms with Crippen molar-refractivity contribution in [2.24, 2.45) is 0 Å². The van der Waals surface area contributed by atoms with Crippen molar-refractivity contribution in [1.82, 2.24) is 9.55 Å². The molecule has 0 aliphatic rings. The molecule has 0 atom stereocenters. The average molecular weight is 216 g/mol. The minimum absolute atomic E-state index is 0.0990. The SMILES string of the molecule is O=C(O)CCCn1c(=O)[nH]cc(F)c1=O. The van der Waals surface area contributed by atoms with Crippen molar-refractivity contribution in [3.8, 4) is 0 Å². The summed E-state index contributed by atoms with van der Waals surface area (Å²) in [6, 6.07) is 0. The monoisotopic (exact) mass is 216 g/mol. The number of aromatic amines is 1. The van der Waals surface area contributed by atoms with E-state index >= 15 is 0 Å². The van der Waals surface area contributed by atoms with E-state index in [1.807, 2.05) is 4.98 Å². The van der Waals surface area contributed by atoms with Crippen molar-refractivity contribution in [3.05, 3.63) is 32.9 Å². The number of hydrogen-bond donors (Lipinski definition) is 2. The Hall–Kier alpha value is -1.92. The molecule has 2 N–H and O–H groups in total. The third kappa shape index (κ3) is 2.76. The molecule has 0 fully saturated rings. The van der Waals surface area contributed by atoms with E-state index in [0.29, 0.717) is 10.8 Å². The Labute approximate surface area is 83.0 Å². The first-order valence-corrected chi connectivity index (χ1v) is 4.22. The number of aliphatic carboxylic acids is 1. The molecule has 0 aliphatic heterocycles. The van der Waals surface area contributed by atoms with Crippen LogP contribution < -0.4 is 11.2 Å². The molecule has 82 valence electrons. The van der Waals surface area contributed by atoms with Crippen LogP contribution in [0.1, 0.15) is 12.8 Å². The first kappa shape index (κ1) is 11.2. The lowest BCUT2D eigenvalue weighted by Crippen LogP contribution is -2.36. The average Bonchev–Trinajstić information content (AvgIpc) is 2.17. The molecule has 1 aromatic heterocycles. The number of rotatable bonds is 4. The molecule has 0 amide bonds. The molecule has 1 aromatic rings. The van der Waals surface area contributed by atoms with Gasteiger partial charge in [0, 0.05) is 19.2 Å². The van der Waals surface area contributed by atoms with Crippen molar-refractivity contribution >= 4 is 5.97 Å². The van der Waals surface area contributed by atoms with Crippen LogP contribution in [-0.2, 0) is 11.3 Å². The van der Waals surface area contributed by atoms with Crippen molar-refractivity contribution < 1.29 is 14.3 Å². The lowest BCUT2D eigenvalue weighted by Gasteiger charge is -2.01. The second kappa shape index (κ2) is 4.54. The number of carbonyl (C=O) groups is 1. The van der Waals surface area contributed by atoms with E-state index in [4.69, 9.17) is 5.11 Å². The maximum absolute atomic E-state index is 12.7. The molecule has 1 heterocycles. The molecule has 0 aromatic carbocycles. The minimum atomic E-state index is -1.06. The van der Waals surface area contributed by atoms with Crippen molar-refractivity contribution in [2.45, 2.75) is 19.4 Å². The van der Waals surface area contributed by atoms with Crippen LogP contribution in [-0.4, -0.2) is 20.6 Å². The van der Waals surface area contributed by atoms with Crippen LogP contribution in [0.4, 0.5) is 4.39 Å². The van der Waals surface area contributed by atoms with Gasteiger partial charge >= 0.3 is 11.7 Å². The van der Waals surface area contributed by atoms with Gasteiger partial charge in [-0.1, -0.05) is 0 Å². The summed E-state index contributed by atoms with van der Waals surface area (Å²) in [7, 11) is 0. The number of nitrogens with zero attached hydrogens (tertiary/aromatic N) is 1. The fourth-order valence-electron chi connectivity index (χ4n) is 1.08. The van der Waals surface area contributed by atoms with Gasteiger partial charge in [0.2, 0.25) is 5.82 Å². The van der Waals surface area contributed by atoms with E-state index in [1.165, 1.54) is 0 Å². The lowest BCUT2D eigenvalue weighted by atomic mass is 10.3. The second-order valence-electron chi connectivity index (χ2n) is 2.90. The Morgan fingerprint density at radius 3 is 2.80 bits per heavy atom. The number of carboxylic acid groups (broad SMARTS) is 1. The molecule has 0 bridgehead atoms. The number of nitrogens with one attached hydrogen (secondary N) is 1. The minimum Gasteiger partial charge on any atom is -0.481 e. The molecule has 0 saturated carbocycles. The molecule has 7 heteroatoms. The van der Waals surface area contributed by atoms with Crippen molar-refractivity contribution in [2.75, 3.05) is 0 Å². The summed E-state index contributed by atoms with van der Waals surface area (Å²) in [5.74, 6) is -2.10. The predicted octanol–water partition coefficient (Wildman–Crippen LogP) is -0.459. The Balaban J connectivity index is 2.85. The topological polar surface area (TPSA) is 92.2 Å². The van der Waals surface area contributed by atoms with Crippen LogP contribution in [0.25, 0.3) is 0 Å². The second-order valence-corrected chi connectivity index (χ2v) is 2.90. The molecular weight excluding hydrogens is 207 g/mol. The molecule has 6 nitrogen and oxygen atoms in total. The van der Waals surface area contributed by atoms with Gasteiger partial charge in [-0.3, -0.25) is 14.2 Å².